The Morgan fingerprint density at radius 1 is 0.969 bits per heavy atom. The summed E-state index contributed by atoms with van der Waals surface area (Å²) < 4.78 is 31.4. The van der Waals surface area contributed by atoms with E-state index in [1.807, 2.05) is 0 Å². The molecule has 0 bridgehead atoms. The molecule has 0 aromatic heterocycles. The standard InChI is InChI=1S/C23H18N2O6S/c1-2-31-23(26)21(15-11-13-16(14-12-15)25(27)28)24-22-17-7-3-5-9-19(17)32(29,30)20-10-6-4-8-18(20)22/h3-14,22H,2H2,1H3. The summed E-state index contributed by atoms with van der Waals surface area (Å²) in [6.07, 6.45) is 0. The Labute approximate surface area is 184 Å². The van der Waals surface area contributed by atoms with Crippen LogP contribution in [0.2, 0.25) is 0 Å². The highest BCUT2D eigenvalue weighted by Gasteiger charge is 2.36. The summed E-state index contributed by atoms with van der Waals surface area (Å²) >= 11 is 0. The summed E-state index contributed by atoms with van der Waals surface area (Å²) in [7, 11) is -3.74. The Morgan fingerprint density at radius 2 is 1.50 bits per heavy atom. The van der Waals surface area contributed by atoms with E-state index in [2.05, 4.69) is 4.99 Å². The van der Waals surface area contributed by atoms with Crippen LogP contribution < -0.4 is 0 Å². The summed E-state index contributed by atoms with van der Waals surface area (Å²) in [6, 6.07) is 17.7. The van der Waals surface area contributed by atoms with E-state index in [9.17, 15) is 23.3 Å². The first-order chi connectivity index (χ1) is 15.3. The third-order valence-corrected chi connectivity index (χ3v) is 6.99. The average molecular weight is 450 g/mol. The maximum atomic E-state index is 13.1. The van der Waals surface area contributed by atoms with Crippen LogP contribution in [0.4, 0.5) is 5.69 Å². The molecular formula is C23H18N2O6S. The van der Waals surface area contributed by atoms with Gasteiger partial charge in [0.1, 0.15) is 6.04 Å². The number of carbonyl (C=O) groups excluding carboxylic acids is 1. The number of nitrogens with zero attached hydrogens (tertiary/aromatic N) is 2. The molecule has 8 nitrogen and oxygen atoms in total. The van der Waals surface area contributed by atoms with Gasteiger partial charge in [-0.3, -0.25) is 15.1 Å². The average Bonchev–Trinajstić information content (AvgIpc) is 2.79. The van der Waals surface area contributed by atoms with Gasteiger partial charge in [0.05, 0.1) is 21.3 Å². The molecule has 32 heavy (non-hydrogen) atoms. The molecule has 0 spiro atoms. The normalized spacial score (nSPS) is 14.8. The predicted molar refractivity (Wildman–Crippen MR) is 116 cm³/mol. The predicted octanol–water partition coefficient (Wildman–Crippen LogP) is 3.88. The van der Waals surface area contributed by atoms with E-state index < -0.39 is 26.8 Å². The van der Waals surface area contributed by atoms with Crippen LogP contribution in [0.25, 0.3) is 0 Å². The lowest BCUT2D eigenvalue weighted by atomic mass is 9.97. The highest BCUT2D eigenvalue weighted by atomic mass is 32.2. The number of benzene rings is 3. The van der Waals surface area contributed by atoms with E-state index in [1.165, 1.54) is 36.4 Å². The number of hydrogen-bond donors (Lipinski definition) is 0. The molecule has 1 heterocycles. The molecule has 0 aliphatic carbocycles. The number of nitro groups is 1. The molecule has 3 aromatic carbocycles. The number of aliphatic imine (C=N–C) groups is 1. The van der Waals surface area contributed by atoms with Gasteiger partial charge < -0.3 is 4.74 Å². The summed E-state index contributed by atoms with van der Waals surface area (Å²) in [6.45, 7) is 1.76. The molecule has 0 atom stereocenters. The Kier molecular flexibility index (Phi) is 5.58. The first-order valence-electron chi connectivity index (χ1n) is 9.77. The lowest BCUT2D eigenvalue weighted by molar-refractivity contribution is -0.384. The van der Waals surface area contributed by atoms with E-state index in [0.29, 0.717) is 16.7 Å². The monoisotopic (exact) mass is 450 g/mol. The van der Waals surface area contributed by atoms with Gasteiger partial charge >= 0.3 is 5.97 Å². The largest absolute Gasteiger partial charge is 0.461 e. The summed E-state index contributed by atoms with van der Waals surface area (Å²) in [5, 5.41) is 11.0. The molecule has 0 saturated heterocycles. The smallest absolute Gasteiger partial charge is 0.357 e. The van der Waals surface area contributed by atoms with Gasteiger partial charge in [0.15, 0.2) is 5.71 Å². The summed E-state index contributed by atoms with van der Waals surface area (Å²) in [5.41, 5.74) is 1.04. The lowest BCUT2D eigenvalue weighted by Gasteiger charge is -2.26. The molecule has 0 fully saturated rings. The van der Waals surface area contributed by atoms with Crippen LogP contribution in [-0.4, -0.2) is 31.6 Å². The van der Waals surface area contributed by atoms with E-state index >= 15 is 0 Å². The zero-order chi connectivity index (χ0) is 22.9. The molecule has 162 valence electrons. The van der Waals surface area contributed by atoms with Gasteiger partial charge in [0, 0.05) is 28.8 Å². The highest BCUT2D eigenvalue weighted by Crippen LogP contribution is 2.42. The van der Waals surface area contributed by atoms with E-state index in [4.69, 9.17) is 4.74 Å². The van der Waals surface area contributed by atoms with Crippen LogP contribution in [0, 0.1) is 10.1 Å². The summed E-state index contributed by atoms with van der Waals surface area (Å²) in [4.78, 5) is 28.1. The van der Waals surface area contributed by atoms with Gasteiger partial charge in [-0.05, 0) is 31.2 Å². The number of fused-ring (bicyclic) bond motifs is 2. The summed E-state index contributed by atoms with van der Waals surface area (Å²) in [5.74, 6) is -0.704. The van der Waals surface area contributed by atoms with Crippen LogP contribution in [0.15, 0.2) is 87.6 Å². The van der Waals surface area contributed by atoms with Crippen molar-refractivity contribution in [2.24, 2.45) is 4.99 Å². The first-order valence-corrected chi connectivity index (χ1v) is 11.3. The van der Waals surface area contributed by atoms with Crippen molar-refractivity contribution in [3.63, 3.8) is 0 Å². The molecule has 1 aliphatic heterocycles. The van der Waals surface area contributed by atoms with Crippen LogP contribution in [-0.2, 0) is 19.4 Å². The number of carbonyl (C=O) groups is 1. The van der Waals surface area contributed by atoms with Crippen molar-refractivity contribution in [2.45, 2.75) is 22.8 Å². The van der Waals surface area contributed by atoms with Gasteiger partial charge in [-0.15, -0.1) is 0 Å². The molecule has 3 aromatic rings. The first kappa shape index (κ1) is 21.4. The number of sulfone groups is 1. The fourth-order valence-electron chi connectivity index (χ4n) is 3.64. The lowest BCUT2D eigenvalue weighted by Crippen LogP contribution is -2.23. The SMILES string of the molecule is CCOC(=O)C(=NC1c2ccccc2S(=O)(=O)c2ccccc21)c1ccc([N+](=O)[O-])cc1. The maximum absolute atomic E-state index is 13.1. The molecule has 9 heteroatoms. The molecule has 1 aliphatic rings. The topological polar surface area (TPSA) is 116 Å². The highest BCUT2D eigenvalue weighted by molar-refractivity contribution is 7.91. The van der Waals surface area contributed by atoms with Crippen LogP contribution >= 0.6 is 0 Å². The molecule has 4 rings (SSSR count). The number of non-ortho nitro benzene ring substituents is 1. The minimum absolute atomic E-state index is 0.0457. The van der Waals surface area contributed by atoms with Gasteiger partial charge in [0.25, 0.3) is 5.69 Å². The Morgan fingerprint density at radius 3 is 2.00 bits per heavy atom. The van der Waals surface area contributed by atoms with Crippen LogP contribution in [0.5, 0.6) is 0 Å². The van der Waals surface area contributed by atoms with Gasteiger partial charge in [0.2, 0.25) is 9.84 Å². The second-order valence-electron chi connectivity index (χ2n) is 6.98. The Balaban J connectivity index is 1.94. The molecule has 0 N–H and O–H groups in total. The number of ether oxygens (including phenoxy) is 1. The molecule has 0 unspecified atom stereocenters. The Bertz CT molecular complexity index is 1290. The van der Waals surface area contributed by atoms with Crippen molar-refractivity contribution in [1.82, 2.24) is 0 Å². The quantitative estimate of drug-likeness (QED) is 0.252. The third-order valence-electron chi connectivity index (χ3n) is 5.08. The van der Waals surface area contributed by atoms with Gasteiger partial charge in [-0.2, -0.15) is 0 Å². The third kappa shape index (κ3) is 3.67. The van der Waals surface area contributed by atoms with Crippen LogP contribution in [0.1, 0.15) is 29.7 Å². The van der Waals surface area contributed by atoms with Gasteiger partial charge in [-0.1, -0.05) is 36.4 Å². The second-order valence-corrected chi connectivity index (χ2v) is 8.87. The van der Waals surface area contributed by atoms with Crippen molar-refractivity contribution >= 4 is 27.2 Å². The minimum Gasteiger partial charge on any atom is -0.461 e. The number of hydrogen-bond acceptors (Lipinski definition) is 7. The van der Waals surface area contributed by atoms with Crippen molar-refractivity contribution in [1.29, 1.82) is 0 Å². The molecule has 0 radical (unpaired) electrons. The molecule has 0 saturated carbocycles. The maximum Gasteiger partial charge on any atom is 0.357 e. The van der Waals surface area contributed by atoms with Crippen molar-refractivity contribution < 1.29 is 22.9 Å². The fourth-order valence-corrected chi connectivity index (χ4v) is 5.37. The number of rotatable bonds is 5. The fraction of sp³-hybridized carbons (Fsp3) is 0.130. The zero-order valence-electron chi connectivity index (χ0n) is 17.0. The zero-order valence-corrected chi connectivity index (χ0v) is 17.8. The minimum atomic E-state index is -3.74. The number of esters is 1. The van der Waals surface area contributed by atoms with Crippen molar-refractivity contribution in [3.8, 4) is 0 Å². The van der Waals surface area contributed by atoms with E-state index in [1.54, 1.807) is 43.3 Å². The van der Waals surface area contributed by atoms with Crippen molar-refractivity contribution in [2.75, 3.05) is 6.61 Å². The van der Waals surface area contributed by atoms with Crippen molar-refractivity contribution in [3.05, 3.63) is 99.6 Å². The molecular weight excluding hydrogens is 432 g/mol. The van der Waals surface area contributed by atoms with E-state index in [0.717, 1.165) is 0 Å². The second kappa shape index (κ2) is 8.35. The Hall–Kier alpha value is -3.85. The van der Waals surface area contributed by atoms with E-state index in [-0.39, 0.29) is 27.8 Å². The number of nitro benzene ring substituents is 1. The molecule has 0 amide bonds. The van der Waals surface area contributed by atoms with Gasteiger partial charge in [-0.25, -0.2) is 13.2 Å². The van der Waals surface area contributed by atoms with Crippen LogP contribution in [0.3, 0.4) is 0 Å².